The lowest BCUT2D eigenvalue weighted by molar-refractivity contribution is 0.00578. The molecule has 1 fully saturated rings. The van der Waals surface area contributed by atoms with Crippen molar-refractivity contribution in [1.82, 2.24) is 0 Å². The first kappa shape index (κ1) is 17.5. The van der Waals surface area contributed by atoms with Crippen LogP contribution >= 0.6 is 33.9 Å². The number of hydrogen-bond donors (Lipinski definition) is 0. The predicted octanol–water partition coefficient (Wildman–Crippen LogP) is 4.67. The lowest BCUT2D eigenvalue weighted by Crippen LogP contribution is -2.41. The van der Waals surface area contributed by atoms with Crippen molar-refractivity contribution in [3.8, 4) is 0 Å². The van der Waals surface area contributed by atoms with Gasteiger partial charge in [0, 0.05) is 14.1 Å². The quantitative estimate of drug-likeness (QED) is 0.394. The van der Waals surface area contributed by atoms with Crippen LogP contribution in [0.5, 0.6) is 0 Å². The maximum atomic E-state index is 6.13. The smallest absolute Gasteiger partial charge is 0.399 e. The predicted molar refractivity (Wildman–Crippen MR) is 102 cm³/mol. The molecule has 0 amide bonds. The summed E-state index contributed by atoms with van der Waals surface area (Å²) in [6.45, 7) is 10.6. The first-order chi connectivity index (χ1) is 9.80. The van der Waals surface area contributed by atoms with Crippen molar-refractivity contribution in [1.29, 1.82) is 0 Å². The molecule has 0 bridgehead atoms. The number of halogens is 1. The van der Waals surface area contributed by atoms with Gasteiger partial charge in [-0.1, -0.05) is 41.7 Å². The highest BCUT2D eigenvalue weighted by Crippen LogP contribution is 2.37. The molecule has 0 aromatic carbocycles. The van der Waals surface area contributed by atoms with Crippen LogP contribution in [0.1, 0.15) is 52.3 Å². The van der Waals surface area contributed by atoms with Crippen molar-refractivity contribution in [2.75, 3.05) is 4.43 Å². The summed E-state index contributed by atoms with van der Waals surface area (Å²) in [6, 6.07) is 4.36. The number of alkyl halides is 1. The molecule has 1 aliphatic rings. The largest absolute Gasteiger partial charge is 0.505 e. The second-order valence-electron chi connectivity index (χ2n) is 6.37. The lowest BCUT2D eigenvalue weighted by atomic mass is 9.88. The second kappa shape index (κ2) is 6.73. The molecule has 2 rings (SSSR count). The molecule has 116 valence electrons. The van der Waals surface area contributed by atoms with Gasteiger partial charge in [0.15, 0.2) is 0 Å². The van der Waals surface area contributed by atoms with E-state index >= 15 is 0 Å². The number of thiophene rings is 1. The molecule has 1 aromatic heterocycles. The molecule has 2 nitrogen and oxygen atoms in total. The molecule has 0 atom stereocenters. The second-order valence-corrected chi connectivity index (χ2v) is 8.56. The molecule has 0 N–H and O–H groups in total. The van der Waals surface area contributed by atoms with Crippen LogP contribution in [-0.2, 0) is 9.31 Å². The number of allylic oxidation sites excluding steroid dienone is 2. The third kappa shape index (κ3) is 3.74. The van der Waals surface area contributed by atoms with E-state index in [2.05, 4.69) is 75.4 Å². The number of hydrogen-bond acceptors (Lipinski definition) is 3. The summed E-state index contributed by atoms with van der Waals surface area (Å²) in [4.78, 5) is 1.35. The summed E-state index contributed by atoms with van der Waals surface area (Å²) in [7, 11) is -0.240. The van der Waals surface area contributed by atoms with E-state index in [9.17, 15) is 0 Å². The average molecular weight is 418 g/mol. The van der Waals surface area contributed by atoms with Crippen molar-refractivity contribution in [2.24, 2.45) is 0 Å². The van der Waals surface area contributed by atoms with Crippen molar-refractivity contribution in [3.05, 3.63) is 23.1 Å². The third-order valence-corrected chi connectivity index (χ3v) is 5.96. The highest BCUT2D eigenvalue weighted by molar-refractivity contribution is 14.1. The van der Waals surface area contributed by atoms with Gasteiger partial charge in [-0.15, -0.1) is 11.3 Å². The van der Waals surface area contributed by atoms with Crippen LogP contribution < -0.4 is 4.78 Å². The van der Waals surface area contributed by atoms with Gasteiger partial charge in [0.25, 0.3) is 0 Å². The van der Waals surface area contributed by atoms with Gasteiger partial charge in [-0.3, -0.25) is 0 Å². The fourth-order valence-electron chi connectivity index (χ4n) is 2.29. The fourth-order valence-corrected chi connectivity index (χ4v) is 3.90. The van der Waals surface area contributed by atoms with Crippen molar-refractivity contribution >= 4 is 51.4 Å². The molecule has 0 aliphatic carbocycles. The normalized spacial score (nSPS) is 21.0. The average Bonchev–Trinajstić information content (AvgIpc) is 2.93. The molecule has 0 saturated carbocycles. The molecule has 0 radical (unpaired) electrons. The Balaban J connectivity index is 2.19. The van der Waals surface area contributed by atoms with E-state index in [1.54, 1.807) is 11.3 Å². The van der Waals surface area contributed by atoms with Crippen LogP contribution in [0.25, 0.3) is 5.57 Å². The Morgan fingerprint density at radius 1 is 1.24 bits per heavy atom. The van der Waals surface area contributed by atoms with Gasteiger partial charge in [0.2, 0.25) is 0 Å². The summed E-state index contributed by atoms with van der Waals surface area (Å²) >= 11 is 4.24. The highest BCUT2D eigenvalue weighted by Gasteiger charge is 2.52. The first-order valence-corrected chi connectivity index (χ1v) is 9.85. The Labute approximate surface area is 146 Å². The standard InChI is InChI=1S/C16H24BIO2S/c1-6-7-12(10-11-18)13-8-9-14(21-13)17-19-15(2,3)16(4,5)20-17/h7-9H,6,10-11H2,1-5H3/b12-7+. The van der Waals surface area contributed by atoms with E-state index in [0.29, 0.717) is 0 Å². The van der Waals surface area contributed by atoms with E-state index < -0.39 is 0 Å². The molecule has 0 spiro atoms. The van der Waals surface area contributed by atoms with E-state index in [1.807, 2.05) is 0 Å². The van der Waals surface area contributed by atoms with E-state index in [0.717, 1.165) is 17.3 Å². The van der Waals surface area contributed by atoms with Gasteiger partial charge in [-0.05, 0) is 52.2 Å². The van der Waals surface area contributed by atoms with Crippen LogP contribution in [0.4, 0.5) is 0 Å². The third-order valence-electron chi connectivity index (χ3n) is 4.24. The molecule has 0 unspecified atom stereocenters. The molecule has 1 aromatic rings. The molecular formula is C16H24BIO2S. The highest BCUT2D eigenvalue weighted by atomic mass is 127. The fraction of sp³-hybridized carbons (Fsp3) is 0.625. The SMILES string of the molecule is CC/C=C(\CCI)c1ccc(B2OC(C)(C)C(C)(C)O2)s1. The van der Waals surface area contributed by atoms with Crippen LogP contribution in [-0.4, -0.2) is 22.7 Å². The maximum Gasteiger partial charge on any atom is 0.505 e. The molecule has 1 aliphatic heterocycles. The van der Waals surface area contributed by atoms with E-state index in [-0.39, 0.29) is 18.3 Å². The topological polar surface area (TPSA) is 18.5 Å². The maximum absolute atomic E-state index is 6.13. The zero-order chi connectivity index (χ0) is 15.7. The minimum atomic E-state index is -0.272. The first-order valence-electron chi connectivity index (χ1n) is 7.51. The van der Waals surface area contributed by atoms with E-state index in [4.69, 9.17) is 9.31 Å². The van der Waals surface area contributed by atoms with E-state index in [1.165, 1.54) is 15.2 Å². The zero-order valence-corrected chi connectivity index (χ0v) is 16.5. The van der Waals surface area contributed by atoms with Crippen LogP contribution in [0.3, 0.4) is 0 Å². The Morgan fingerprint density at radius 3 is 2.38 bits per heavy atom. The summed E-state index contributed by atoms with van der Waals surface area (Å²) in [5, 5.41) is 0. The molecule has 5 heteroatoms. The summed E-state index contributed by atoms with van der Waals surface area (Å²) < 4.78 is 14.6. The zero-order valence-electron chi connectivity index (χ0n) is 13.5. The Morgan fingerprint density at radius 2 is 1.86 bits per heavy atom. The van der Waals surface area contributed by atoms with Crippen LogP contribution in [0.2, 0.25) is 0 Å². The van der Waals surface area contributed by atoms with Gasteiger partial charge in [-0.25, -0.2) is 0 Å². The Hall–Kier alpha value is 0.155. The summed E-state index contributed by atoms with van der Waals surface area (Å²) in [5.41, 5.74) is 0.901. The molecule has 2 heterocycles. The van der Waals surface area contributed by atoms with Crippen molar-refractivity contribution in [3.63, 3.8) is 0 Å². The van der Waals surface area contributed by atoms with Crippen LogP contribution in [0.15, 0.2) is 18.2 Å². The van der Waals surface area contributed by atoms with Gasteiger partial charge >= 0.3 is 7.12 Å². The molecule has 21 heavy (non-hydrogen) atoms. The van der Waals surface area contributed by atoms with Crippen molar-refractivity contribution in [2.45, 2.75) is 58.7 Å². The van der Waals surface area contributed by atoms with Gasteiger partial charge < -0.3 is 9.31 Å². The lowest BCUT2D eigenvalue weighted by Gasteiger charge is -2.32. The Bertz CT molecular complexity index is 506. The van der Waals surface area contributed by atoms with Crippen LogP contribution in [0, 0.1) is 0 Å². The summed E-state index contributed by atoms with van der Waals surface area (Å²) in [6.07, 6.45) is 4.53. The van der Waals surface area contributed by atoms with Gasteiger partial charge in [0.1, 0.15) is 0 Å². The minimum absolute atomic E-state index is 0.240. The number of rotatable bonds is 5. The molecule has 1 saturated heterocycles. The summed E-state index contributed by atoms with van der Waals surface area (Å²) in [5.74, 6) is 0. The van der Waals surface area contributed by atoms with Gasteiger partial charge in [0.05, 0.1) is 11.2 Å². The minimum Gasteiger partial charge on any atom is -0.399 e. The van der Waals surface area contributed by atoms with Crippen molar-refractivity contribution < 1.29 is 9.31 Å². The van der Waals surface area contributed by atoms with Gasteiger partial charge in [-0.2, -0.15) is 0 Å². The molecular weight excluding hydrogens is 394 g/mol. The Kier molecular flexibility index (Phi) is 5.61. The monoisotopic (exact) mass is 418 g/mol.